The highest BCUT2D eigenvalue weighted by molar-refractivity contribution is 9.09. The van der Waals surface area contributed by atoms with Crippen molar-refractivity contribution in [1.82, 2.24) is 0 Å². The Morgan fingerprint density at radius 2 is 1.74 bits per heavy atom. The molecule has 1 heterocycles. The molecule has 0 saturated carbocycles. The van der Waals surface area contributed by atoms with Gasteiger partial charge in [-0.05, 0) is 30.7 Å². The van der Waals surface area contributed by atoms with Gasteiger partial charge < -0.3 is 9.32 Å². The summed E-state index contributed by atoms with van der Waals surface area (Å²) in [4.78, 5) is 14.3. The number of hydrogen-bond acceptors (Lipinski definition) is 3. The van der Waals surface area contributed by atoms with Gasteiger partial charge in [-0.15, -0.1) is 0 Å². The van der Waals surface area contributed by atoms with Crippen LogP contribution in [-0.4, -0.2) is 14.1 Å². The van der Waals surface area contributed by atoms with Crippen molar-refractivity contribution in [3.05, 3.63) is 64.7 Å². The summed E-state index contributed by atoms with van der Waals surface area (Å²) < 4.78 is 5.62. The standard InChI is InChI=1S/C19H18BrNO2/c1-12(20)18-17(13-7-6-8-14(11-13)21(2)3)15-9-4-5-10-16(15)19(22)23-18/h4-12H,1-3H3. The first-order valence-electron chi connectivity index (χ1n) is 7.46. The zero-order valence-corrected chi connectivity index (χ0v) is 14.9. The fourth-order valence-corrected chi connectivity index (χ4v) is 3.06. The number of alkyl halides is 1. The Hall–Kier alpha value is -2.07. The van der Waals surface area contributed by atoms with E-state index in [1.807, 2.05) is 57.4 Å². The SMILES string of the molecule is CC(Br)c1oc(=O)c2ccccc2c1-c1cccc(N(C)C)c1. The minimum absolute atomic E-state index is 0.0576. The van der Waals surface area contributed by atoms with Crippen LogP contribution in [0.5, 0.6) is 0 Å². The fraction of sp³-hybridized carbons (Fsp3) is 0.211. The van der Waals surface area contributed by atoms with Crippen LogP contribution in [-0.2, 0) is 0 Å². The Labute approximate surface area is 143 Å². The second kappa shape index (κ2) is 6.20. The first-order valence-corrected chi connectivity index (χ1v) is 8.38. The molecular formula is C19H18BrNO2. The molecule has 0 spiro atoms. The topological polar surface area (TPSA) is 33.5 Å². The van der Waals surface area contributed by atoms with Crippen molar-refractivity contribution in [3.63, 3.8) is 0 Å². The molecule has 118 valence electrons. The molecule has 3 nitrogen and oxygen atoms in total. The second-order valence-corrected chi connectivity index (χ2v) is 7.11. The molecule has 0 N–H and O–H groups in total. The quantitative estimate of drug-likeness (QED) is 0.608. The lowest BCUT2D eigenvalue weighted by molar-refractivity contribution is 0.473. The highest BCUT2D eigenvalue weighted by atomic mass is 79.9. The maximum atomic E-state index is 12.3. The molecule has 1 unspecified atom stereocenters. The molecule has 1 aromatic heterocycles. The fourth-order valence-electron chi connectivity index (χ4n) is 2.74. The van der Waals surface area contributed by atoms with Crippen LogP contribution in [0.15, 0.2) is 57.7 Å². The third kappa shape index (κ3) is 2.91. The van der Waals surface area contributed by atoms with Crippen LogP contribution in [0.1, 0.15) is 17.5 Å². The van der Waals surface area contributed by atoms with E-state index >= 15 is 0 Å². The molecule has 2 aromatic carbocycles. The van der Waals surface area contributed by atoms with Crippen molar-refractivity contribution < 1.29 is 4.42 Å². The highest BCUT2D eigenvalue weighted by Crippen LogP contribution is 2.37. The van der Waals surface area contributed by atoms with Gasteiger partial charge in [0.05, 0.1) is 10.2 Å². The van der Waals surface area contributed by atoms with Gasteiger partial charge in [0.15, 0.2) is 0 Å². The van der Waals surface area contributed by atoms with Crippen molar-refractivity contribution in [2.24, 2.45) is 0 Å². The van der Waals surface area contributed by atoms with Gasteiger partial charge >= 0.3 is 5.63 Å². The van der Waals surface area contributed by atoms with Gasteiger partial charge in [-0.3, -0.25) is 0 Å². The van der Waals surface area contributed by atoms with Gasteiger partial charge in [-0.2, -0.15) is 0 Å². The largest absolute Gasteiger partial charge is 0.426 e. The van der Waals surface area contributed by atoms with Gasteiger partial charge in [0.2, 0.25) is 0 Å². The van der Waals surface area contributed by atoms with Crippen molar-refractivity contribution in [3.8, 4) is 11.1 Å². The van der Waals surface area contributed by atoms with Crippen LogP contribution in [0.4, 0.5) is 5.69 Å². The van der Waals surface area contributed by atoms with Crippen molar-refractivity contribution >= 4 is 32.4 Å². The summed E-state index contributed by atoms with van der Waals surface area (Å²) in [5, 5.41) is 1.52. The van der Waals surface area contributed by atoms with Crippen LogP contribution in [0.2, 0.25) is 0 Å². The molecule has 0 aliphatic carbocycles. The van der Waals surface area contributed by atoms with Crippen LogP contribution in [0.3, 0.4) is 0 Å². The van der Waals surface area contributed by atoms with Gasteiger partial charge in [0, 0.05) is 30.7 Å². The zero-order valence-electron chi connectivity index (χ0n) is 13.3. The summed E-state index contributed by atoms with van der Waals surface area (Å²) in [6, 6.07) is 15.8. The van der Waals surface area contributed by atoms with Gasteiger partial charge in [-0.1, -0.05) is 46.3 Å². The van der Waals surface area contributed by atoms with E-state index in [1.165, 1.54) is 0 Å². The minimum Gasteiger partial charge on any atom is -0.426 e. The third-order valence-corrected chi connectivity index (χ3v) is 4.29. The Balaban J connectivity index is 2.40. The van der Waals surface area contributed by atoms with Crippen LogP contribution >= 0.6 is 15.9 Å². The maximum Gasteiger partial charge on any atom is 0.343 e. The molecular weight excluding hydrogens is 354 g/mol. The number of anilines is 1. The van der Waals surface area contributed by atoms with Gasteiger partial charge in [-0.25, -0.2) is 4.79 Å². The molecule has 3 aromatic rings. The van der Waals surface area contributed by atoms with Crippen LogP contribution < -0.4 is 10.5 Å². The lowest BCUT2D eigenvalue weighted by Gasteiger charge is -2.17. The predicted molar refractivity (Wildman–Crippen MR) is 99.6 cm³/mol. The monoisotopic (exact) mass is 371 g/mol. The van der Waals surface area contributed by atoms with E-state index in [1.54, 1.807) is 0 Å². The summed E-state index contributed by atoms with van der Waals surface area (Å²) in [7, 11) is 4.02. The maximum absolute atomic E-state index is 12.3. The first kappa shape index (κ1) is 15.8. The first-order chi connectivity index (χ1) is 11.0. The van der Waals surface area contributed by atoms with Crippen molar-refractivity contribution in [2.75, 3.05) is 19.0 Å². The van der Waals surface area contributed by atoms with Crippen LogP contribution in [0, 0.1) is 0 Å². The Bertz CT molecular complexity index is 913. The number of nitrogens with zero attached hydrogens (tertiary/aromatic N) is 1. The zero-order chi connectivity index (χ0) is 16.6. The Morgan fingerprint density at radius 1 is 1.04 bits per heavy atom. The molecule has 3 rings (SSSR count). The molecule has 0 aliphatic rings. The average Bonchev–Trinajstić information content (AvgIpc) is 2.54. The summed E-state index contributed by atoms with van der Waals surface area (Å²) in [5.74, 6) is 0.657. The van der Waals surface area contributed by atoms with Gasteiger partial charge in [0.25, 0.3) is 0 Å². The van der Waals surface area contributed by atoms with E-state index in [0.29, 0.717) is 11.1 Å². The molecule has 4 heteroatoms. The number of fused-ring (bicyclic) bond motifs is 1. The molecule has 0 amide bonds. The highest BCUT2D eigenvalue weighted by Gasteiger charge is 2.18. The van der Waals surface area contributed by atoms with E-state index in [9.17, 15) is 4.79 Å². The van der Waals surface area contributed by atoms with Crippen molar-refractivity contribution in [2.45, 2.75) is 11.8 Å². The third-order valence-electron chi connectivity index (χ3n) is 3.88. The smallest absolute Gasteiger partial charge is 0.343 e. The number of rotatable bonds is 3. The molecule has 0 fully saturated rings. The summed E-state index contributed by atoms with van der Waals surface area (Å²) in [6.45, 7) is 1.96. The van der Waals surface area contributed by atoms with E-state index in [0.717, 1.165) is 22.2 Å². The lowest BCUT2D eigenvalue weighted by atomic mass is 9.97. The normalized spacial score (nSPS) is 12.3. The average molecular weight is 372 g/mol. The van der Waals surface area contributed by atoms with E-state index in [4.69, 9.17) is 4.42 Å². The molecule has 0 aliphatic heterocycles. The molecule has 0 bridgehead atoms. The van der Waals surface area contributed by atoms with E-state index < -0.39 is 0 Å². The van der Waals surface area contributed by atoms with Crippen molar-refractivity contribution in [1.29, 1.82) is 0 Å². The van der Waals surface area contributed by atoms with Crippen LogP contribution in [0.25, 0.3) is 21.9 Å². The molecule has 23 heavy (non-hydrogen) atoms. The summed E-state index contributed by atoms with van der Waals surface area (Å²) >= 11 is 3.55. The number of halogens is 1. The molecule has 0 saturated heterocycles. The number of benzene rings is 2. The predicted octanol–water partition coefficient (Wildman–Crippen LogP) is 4.98. The Kier molecular flexibility index (Phi) is 4.26. The van der Waals surface area contributed by atoms with E-state index in [-0.39, 0.29) is 10.5 Å². The summed E-state index contributed by atoms with van der Waals surface area (Å²) in [6.07, 6.45) is 0. The lowest BCUT2D eigenvalue weighted by Crippen LogP contribution is -2.09. The van der Waals surface area contributed by atoms with Gasteiger partial charge in [0.1, 0.15) is 5.76 Å². The molecule has 0 radical (unpaired) electrons. The second-order valence-electron chi connectivity index (χ2n) is 5.74. The number of hydrogen-bond donors (Lipinski definition) is 0. The Morgan fingerprint density at radius 3 is 2.39 bits per heavy atom. The summed E-state index contributed by atoms with van der Waals surface area (Å²) in [5.41, 5.74) is 2.81. The van der Waals surface area contributed by atoms with E-state index in [2.05, 4.69) is 33.0 Å². The minimum atomic E-state index is -0.297. The molecule has 1 atom stereocenters.